The number of nitrogens with two attached hydrogens (primary N) is 1. The van der Waals surface area contributed by atoms with E-state index in [4.69, 9.17) is 22.4 Å². The van der Waals surface area contributed by atoms with E-state index in [-0.39, 0.29) is 0 Å². The summed E-state index contributed by atoms with van der Waals surface area (Å²) in [4.78, 5) is 17.6. The van der Waals surface area contributed by atoms with Crippen LogP contribution in [0, 0.1) is 0 Å². The molecule has 0 saturated carbocycles. The predicted molar refractivity (Wildman–Crippen MR) is 74.7 cm³/mol. The van der Waals surface area contributed by atoms with E-state index >= 15 is 0 Å². The van der Waals surface area contributed by atoms with Crippen molar-refractivity contribution in [3.8, 4) is 0 Å². The van der Waals surface area contributed by atoms with E-state index in [1.165, 1.54) is 0 Å². The number of carboxylic acids is 1. The van der Waals surface area contributed by atoms with E-state index < -0.39 is 11.5 Å². The first-order valence-electron chi connectivity index (χ1n) is 6.34. The van der Waals surface area contributed by atoms with Gasteiger partial charge >= 0.3 is 5.97 Å². The molecule has 0 amide bonds. The Morgan fingerprint density at radius 3 is 3.00 bits per heavy atom. The van der Waals surface area contributed by atoms with Crippen LogP contribution in [0.1, 0.15) is 12.1 Å². The van der Waals surface area contributed by atoms with Crippen molar-refractivity contribution in [2.24, 2.45) is 5.73 Å². The standard InChI is InChI=1S/C13H15ClN4O2/c14-9-1-2-11-16-10(7-18(11)5-9)6-17-4-3-13(15,8-17)12(19)20/h1-2,5,7H,3-4,6,8,15H2,(H,19,20). The van der Waals surface area contributed by atoms with E-state index in [0.29, 0.717) is 31.1 Å². The summed E-state index contributed by atoms with van der Waals surface area (Å²) >= 11 is 5.93. The second-order valence-electron chi connectivity index (χ2n) is 5.27. The zero-order valence-corrected chi connectivity index (χ0v) is 11.5. The van der Waals surface area contributed by atoms with E-state index in [9.17, 15) is 4.79 Å². The van der Waals surface area contributed by atoms with Gasteiger partial charge in [-0.25, -0.2) is 4.98 Å². The second kappa shape index (κ2) is 4.73. The molecule has 0 aliphatic carbocycles. The molecule has 1 fully saturated rings. The van der Waals surface area contributed by atoms with Crippen LogP contribution < -0.4 is 5.73 Å². The lowest BCUT2D eigenvalue weighted by Gasteiger charge is -2.19. The third kappa shape index (κ3) is 2.37. The average molecular weight is 295 g/mol. The Morgan fingerprint density at radius 2 is 2.30 bits per heavy atom. The monoisotopic (exact) mass is 294 g/mol. The Hall–Kier alpha value is -1.63. The summed E-state index contributed by atoms with van der Waals surface area (Å²) < 4.78 is 1.86. The van der Waals surface area contributed by atoms with Crippen LogP contribution in [-0.2, 0) is 11.3 Å². The zero-order chi connectivity index (χ0) is 14.3. The molecular formula is C13H15ClN4O2. The molecule has 1 unspecified atom stereocenters. The number of imidazole rings is 1. The quantitative estimate of drug-likeness (QED) is 0.881. The maximum atomic E-state index is 11.1. The number of aliphatic carboxylic acids is 1. The number of fused-ring (bicyclic) bond motifs is 1. The van der Waals surface area contributed by atoms with Gasteiger partial charge in [0.25, 0.3) is 0 Å². The normalized spacial score (nSPS) is 23.5. The van der Waals surface area contributed by atoms with Crippen LogP contribution in [0.3, 0.4) is 0 Å². The van der Waals surface area contributed by atoms with Crippen molar-refractivity contribution in [1.29, 1.82) is 0 Å². The minimum atomic E-state index is -1.14. The Bertz CT molecular complexity index is 671. The molecule has 1 saturated heterocycles. The van der Waals surface area contributed by atoms with Crippen LogP contribution in [0.2, 0.25) is 5.02 Å². The summed E-state index contributed by atoms with van der Waals surface area (Å²) in [6.45, 7) is 1.60. The maximum Gasteiger partial charge on any atom is 0.325 e. The lowest BCUT2D eigenvalue weighted by Crippen LogP contribution is -2.50. The fraction of sp³-hybridized carbons (Fsp3) is 0.385. The summed E-state index contributed by atoms with van der Waals surface area (Å²) in [6.07, 6.45) is 4.15. The maximum absolute atomic E-state index is 11.1. The van der Waals surface area contributed by atoms with Gasteiger partial charge < -0.3 is 15.2 Å². The summed E-state index contributed by atoms with van der Waals surface area (Å²) in [5, 5.41) is 9.76. The fourth-order valence-corrected chi connectivity index (χ4v) is 2.71. The number of carboxylic acid groups (broad SMARTS) is 1. The van der Waals surface area contributed by atoms with E-state index in [2.05, 4.69) is 4.98 Å². The van der Waals surface area contributed by atoms with Gasteiger partial charge in [0.15, 0.2) is 0 Å². The average Bonchev–Trinajstić information content (AvgIpc) is 2.93. The number of halogens is 1. The minimum Gasteiger partial charge on any atom is -0.480 e. The first-order valence-corrected chi connectivity index (χ1v) is 6.72. The zero-order valence-electron chi connectivity index (χ0n) is 10.8. The van der Waals surface area contributed by atoms with Crippen LogP contribution in [0.25, 0.3) is 5.65 Å². The molecule has 3 heterocycles. The molecule has 6 nitrogen and oxygen atoms in total. The molecule has 0 radical (unpaired) electrons. The molecule has 0 aromatic carbocycles. The molecule has 3 rings (SSSR count). The molecule has 1 aliphatic rings. The van der Waals surface area contributed by atoms with Gasteiger partial charge in [-0.3, -0.25) is 9.69 Å². The minimum absolute atomic E-state index is 0.344. The first kappa shape index (κ1) is 13.4. The smallest absolute Gasteiger partial charge is 0.325 e. The molecule has 1 atom stereocenters. The topological polar surface area (TPSA) is 83.9 Å². The number of nitrogens with zero attached hydrogens (tertiary/aromatic N) is 3. The van der Waals surface area contributed by atoms with Gasteiger partial charge in [0.1, 0.15) is 11.2 Å². The van der Waals surface area contributed by atoms with Crippen LogP contribution in [-0.4, -0.2) is 44.0 Å². The van der Waals surface area contributed by atoms with Gasteiger partial charge in [-0.15, -0.1) is 0 Å². The van der Waals surface area contributed by atoms with E-state index in [1.54, 1.807) is 12.3 Å². The lowest BCUT2D eigenvalue weighted by molar-refractivity contribution is -0.142. The number of hydrogen-bond donors (Lipinski definition) is 2. The Labute approximate surface area is 120 Å². The molecule has 0 bridgehead atoms. The Kier molecular flexibility index (Phi) is 3.16. The largest absolute Gasteiger partial charge is 0.480 e. The van der Waals surface area contributed by atoms with Gasteiger partial charge in [-0.1, -0.05) is 11.6 Å². The Balaban J connectivity index is 1.76. The SMILES string of the molecule is NC1(C(=O)O)CCN(Cc2cn3cc(Cl)ccc3n2)C1. The third-order valence-corrected chi connectivity index (χ3v) is 3.88. The highest BCUT2D eigenvalue weighted by Crippen LogP contribution is 2.21. The van der Waals surface area contributed by atoms with Crippen LogP contribution in [0.5, 0.6) is 0 Å². The highest BCUT2D eigenvalue weighted by Gasteiger charge is 2.41. The van der Waals surface area contributed by atoms with Crippen molar-refractivity contribution in [2.75, 3.05) is 13.1 Å². The van der Waals surface area contributed by atoms with Gasteiger partial charge in [-0.05, 0) is 18.6 Å². The highest BCUT2D eigenvalue weighted by atomic mass is 35.5. The van der Waals surface area contributed by atoms with Gasteiger partial charge in [0.2, 0.25) is 0 Å². The van der Waals surface area contributed by atoms with E-state index in [1.807, 2.05) is 21.6 Å². The summed E-state index contributed by atoms with van der Waals surface area (Å²) in [7, 11) is 0. The van der Waals surface area contributed by atoms with Crippen molar-refractivity contribution in [3.63, 3.8) is 0 Å². The van der Waals surface area contributed by atoms with Crippen LogP contribution in [0.4, 0.5) is 0 Å². The third-order valence-electron chi connectivity index (χ3n) is 3.66. The molecule has 0 spiro atoms. The summed E-state index contributed by atoms with van der Waals surface area (Å²) in [6, 6.07) is 3.64. The number of likely N-dealkylation sites (tertiary alicyclic amines) is 1. The Morgan fingerprint density at radius 1 is 1.50 bits per heavy atom. The van der Waals surface area contributed by atoms with Crippen molar-refractivity contribution in [1.82, 2.24) is 14.3 Å². The van der Waals surface area contributed by atoms with Crippen molar-refractivity contribution in [3.05, 3.63) is 35.2 Å². The molecule has 3 N–H and O–H groups in total. The van der Waals surface area contributed by atoms with Crippen molar-refractivity contribution < 1.29 is 9.90 Å². The second-order valence-corrected chi connectivity index (χ2v) is 5.70. The predicted octanol–water partition coefficient (Wildman–Crippen LogP) is 0.976. The van der Waals surface area contributed by atoms with Crippen molar-refractivity contribution in [2.45, 2.75) is 18.5 Å². The molecule has 7 heteroatoms. The van der Waals surface area contributed by atoms with Gasteiger partial charge in [0.05, 0.1) is 10.7 Å². The highest BCUT2D eigenvalue weighted by molar-refractivity contribution is 6.30. The number of pyridine rings is 1. The molecule has 1 aliphatic heterocycles. The number of aromatic nitrogens is 2. The molecular weight excluding hydrogens is 280 g/mol. The van der Waals surface area contributed by atoms with Crippen LogP contribution in [0.15, 0.2) is 24.5 Å². The molecule has 20 heavy (non-hydrogen) atoms. The number of rotatable bonds is 3. The van der Waals surface area contributed by atoms with Crippen LogP contribution >= 0.6 is 11.6 Å². The molecule has 2 aromatic rings. The fourth-order valence-electron chi connectivity index (χ4n) is 2.55. The van der Waals surface area contributed by atoms with Crippen molar-refractivity contribution >= 4 is 23.2 Å². The van der Waals surface area contributed by atoms with Gasteiger partial charge in [-0.2, -0.15) is 0 Å². The molecule has 106 valence electrons. The summed E-state index contributed by atoms with van der Waals surface area (Å²) in [5.41, 5.74) is 6.42. The summed E-state index contributed by atoms with van der Waals surface area (Å²) in [5.74, 6) is -0.943. The molecule has 2 aromatic heterocycles. The van der Waals surface area contributed by atoms with Gasteiger partial charge in [0, 0.05) is 32.0 Å². The first-order chi connectivity index (χ1) is 9.46. The lowest BCUT2D eigenvalue weighted by atomic mass is 10.0. The number of carbonyl (C=O) groups is 1. The van der Waals surface area contributed by atoms with E-state index in [0.717, 1.165) is 11.3 Å². The number of hydrogen-bond acceptors (Lipinski definition) is 4.